The van der Waals surface area contributed by atoms with Crippen molar-refractivity contribution in [3.8, 4) is 11.3 Å². The molecule has 2 heterocycles. The van der Waals surface area contributed by atoms with Gasteiger partial charge in [0.1, 0.15) is 11.6 Å². The summed E-state index contributed by atoms with van der Waals surface area (Å²) in [6.07, 6.45) is 1.56. The third-order valence-corrected chi connectivity index (χ3v) is 4.99. The standard InChI is InChI=1S/C21H18F2N2O2/c22-14-5-3-13(4-6-14)20-11-18(17-10-15(23)7-8-19(17)24-20)21(27)25-9-1-2-16(25)12-26/h3-8,10-11,16,26H,1-2,9,12H2/t16-/m1/s1. The molecule has 6 heteroatoms. The third-order valence-electron chi connectivity index (χ3n) is 4.99. The maximum Gasteiger partial charge on any atom is 0.254 e. The molecule has 2 aromatic carbocycles. The summed E-state index contributed by atoms with van der Waals surface area (Å²) in [5.74, 6) is -1.07. The summed E-state index contributed by atoms with van der Waals surface area (Å²) >= 11 is 0. The Balaban J connectivity index is 1.87. The molecule has 4 rings (SSSR count). The first-order valence-electron chi connectivity index (χ1n) is 8.85. The molecule has 0 bridgehead atoms. The molecule has 1 aromatic heterocycles. The average Bonchev–Trinajstić information content (AvgIpc) is 3.16. The predicted octanol–water partition coefficient (Wildman–Crippen LogP) is 3.78. The number of aliphatic hydroxyl groups is 1. The quantitative estimate of drug-likeness (QED) is 0.766. The minimum atomic E-state index is -0.451. The number of aromatic nitrogens is 1. The van der Waals surface area contributed by atoms with Crippen LogP contribution in [0.2, 0.25) is 0 Å². The van der Waals surface area contributed by atoms with Crippen LogP contribution < -0.4 is 0 Å². The average molecular weight is 368 g/mol. The van der Waals surface area contributed by atoms with Crippen molar-refractivity contribution in [1.82, 2.24) is 9.88 Å². The van der Waals surface area contributed by atoms with E-state index in [1.165, 1.54) is 30.3 Å². The van der Waals surface area contributed by atoms with Crippen LogP contribution >= 0.6 is 0 Å². The number of carbonyl (C=O) groups excluding carboxylic acids is 1. The highest BCUT2D eigenvalue weighted by atomic mass is 19.1. The summed E-state index contributed by atoms with van der Waals surface area (Å²) in [5, 5.41) is 9.97. The Morgan fingerprint density at radius 2 is 1.85 bits per heavy atom. The van der Waals surface area contributed by atoms with Gasteiger partial charge in [-0.3, -0.25) is 4.79 Å². The minimum Gasteiger partial charge on any atom is -0.394 e. The van der Waals surface area contributed by atoms with Crippen molar-refractivity contribution < 1.29 is 18.7 Å². The van der Waals surface area contributed by atoms with Gasteiger partial charge in [0.2, 0.25) is 0 Å². The maximum absolute atomic E-state index is 13.8. The molecular weight excluding hydrogens is 350 g/mol. The van der Waals surface area contributed by atoms with Crippen molar-refractivity contribution in [2.75, 3.05) is 13.2 Å². The number of pyridine rings is 1. The Kier molecular flexibility index (Phi) is 4.58. The molecular formula is C21H18F2N2O2. The highest BCUT2D eigenvalue weighted by Gasteiger charge is 2.30. The Bertz CT molecular complexity index is 1000. The molecule has 1 aliphatic heterocycles. The van der Waals surface area contributed by atoms with Crippen molar-refractivity contribution in [2.45, 2.75) is 18.9 Å². The van der Waals surface area contributed by atoms with E-state index in [0.29, 0.717) is 34.3 Å². The smallest absolute Gasteiger partial charge is 0.254 e. The zero-order valence-corrected chi connectivity index (χ0v) is 14.5. The molecule has 27 heavy (non-hydrogen) atoms. The second kappa shape index (κ2) is 7.04. The lowest BCUT2D eigenvalue weighted by Gasteiger charge is -2.24. The number of carbonyl (C=O) groups is 1. The van der Waals surface area contributed by atoms with Crippen molar-refractivity contribution in [1.29, 1.82) is 0 Å². The topological polar surface area (TPSA) is 53.4 Å². The second-order valence-electron chi connectivity index (χ2n) is 6.70. The fourth-order valence-corrected chi connectivity index (χ4v) is 3.59. The number of hydrogen-bond acceptors (Lipinski definition) is 3. The fraction of sp³-hybridized carbons (Fsp3) is 0.238. The first-order valence-corrected chi connectivity index (χ1v) is 8.85. The van der Waals surface area contributed by atoms with Crippen molar-refractivity contribution in [2.24, 2.45) is 0 Å². The van der Waals surface area contributed by atoms with Gasteiger partial charge >= 0.3 is 0 Å². The number of benzene rings is 2. The lowest BCUT2D eigenvalue weighted by Crippen LogP contribution is -2.37. The molecule has 1 saturated heterocycles. The molecule has 0 spiro atoms. The molecule has 1 aliphatic rings. The molecule has 1 amide bonds. The van der Waals surface area contributed by atoms with Crippen LogP contribution in [-0.4, -0.2) is 40.1 Å². The van der Waals surface area contributed by atoms with Gasteiger partial charge in [-0.05, 0) is 61.4 Å². The molecule has 0 aliphatic carbocycles. The van der Waals surface area contributed by atoms with E-state index in [1.54, 1.807) is 23.1 Å². The zero-order valence-electron chi connectivity index (χ0n) is 14.5. The van der Waals surface area contributed by atoms with E-state index in [0.717, 1.165) is 12.8 Å². The monoisotopic (exact) mass is 368 g/mol. The molecule has 1 fully saturated rings. The highest BCUT2D eigenvalue weighted by Crippen LogP contribution is 2.29. The summed E-state index contributed by atoms with van der Waals surface area (Å²) in [7, 11) is 0. The number of halogens is 2. The number of aliphatic hydroxyl groups excluding tert-OH is 1. The van der Waals surface area contributed by atoms with Crippen molar-refractivity contribution >= 4 is 16.8 Å². The van der Waals surface area contributed by atoms with E-state index < -0.39 is 5.82 Å². The van der Waals surface area contributed by atoms with E-state index in [4.69, 9.17) is 0 Å². The number of likely N-dealkylation sites (tertiary alicyclic amines) is 1. The molecule has 4 nitrogen and oxygen atoms in total. The summed E-state index contributed by atoms with van der Waals surface area (Å²) in [4.78, 5) is 19.3. The van der Waals surface area contributed by atoms with E-state index in [1.807, 2.05) is 0 Å². The first-order chi connectivity index (χ1) is 13.1. The molecule has 3 aromatic rings. The van der Waals surface area contributed by atoms with Gasteiger partial charge in [0, 0.05) is 17.5 Å². The van der Waals surface area contributed by atoms with Crippen LogP contribution in [0.5, 0.6) is 0 Å². The molecule has 1 atom stereocenters. The summed E-state index contributed by atoms with van der Waals surface area (Å²) in [6, 6.07) is 11.3. The van der Waals surface area contributed by atoms with E-state index in [-0.39, 0.29) is 24.4 Å². The summed E-state index contributed by atoms with van der Waals surface area (Å²) in [5.41, 5.74) is 1.99. The summed E-state index contributed by atoms with van der Waals surface area (Å²) in [6.45, 7) is 0.447. The number of amides is 1. The van der Waals surface area contributed by atoms with Gasteiger partial charge < -0.3 is 10.0 Å². The van der Waals surface area contributed by atoms with Gasteiger partial charge in [0.05, 0.1) is 29.4 Å². The van der Waals surface area contributed by atoms with Crippen molar-refractivity contribution in [3.63, 3.8) is 0 Å². The van der Waals surface area contributed by atoms with Crippen LogP contribution in [0.4, 0.5) is 8.78 Å². The van der Waals surface area contributed by atoms with Crippen LogP contribution in [0.15, 0.2) is 48.5 Å². The van der Waals surface area contributed by atoms with Gasteiger partial charge in [-0.1, -0.05) is 0 Å². The Labute approximate surface area is 155 Å². The van der Waals surface area contributed by atoms with E-state index in [2.05, 4.69) is 4.98 Å². The Hall–Kier alpha value is -2.86. The van der Waals surface area contributed by atoms with Crippen LogP contribution in [0.3, 0.4) is 0 Å². The molecule has 0 radical (unpaired) electrons. The van der Waals surface area contributed by atoms with E-state index >= 15 is 0 Å². The number of fused-ring (bicyclic) bond motifs is 1. The molecule has 1 N–H and O–H groups in total. The van der Waals surface area contributed by atoms with Crippen LogP contribution in [0, 0.1) is 11.6 Å². The SMILES string of the molecule is O=C(c1cc(-c2ccc(F)cc2)nc2ccc(F)cc12)N1CCC[C@@H]1CO. The predicted molar refractivity (Wildman–Crippen MR) is 98.2 cm³/mol. The van der Waals surface area contributed by atoms with Crippen molar-refractivity contribution in [3.05, 3.63) is 65.7 Å². The Morgan fingerprint density at radius 1 is 1.11 bits per heavy atom. The molecule has 0 unspecified atom stereocenters. The van der Waals surface area contributed by atoms with Gasteiger partial charge in [-0.25, -0.2) is 13.8 Å². The number of rotatable bonds is 3. The van der Waals surface area contributed by atoms with Crippen LogP contribution in [0.1, 0.15) is 23.2 Å². The fourth-order valence-electron chi connectivity index (χ4n) is 3.59. The summed E-state index contributed by atoms with van der Waals surface area (Å²) < 4.78 is 27.1. The number of hydrogen-bond donors (Lipinski definition) is 1. The molecule has 138 valence electrons. The number of nitrogens with zero attached hydrogens (tertiary/aromatic N) is 2. The van der Waals surface area contributed by atoms with Crippen LogP contribution in [0.25, 0.3) is 22.2 Å². The minimum absolute atomic E-state index is 0.103. The van der Waals surface area contributed by atoms with E-state index in [9.17, 15) is 18.7 Å². The van der Waals surface area contributed by atoms with Crippen LogP contribution in [-0.2, 0) is 0 Å². The molecule has 0 saturated carbocycles. The van der Waals surface area contributed by atoms with Gasteiger partial charge in [-0.15, -0.1) is 0 Å². The largest absolute Gasteiger partial charge is 0.394 e. The lowest BCUT2D eigenvalue weighted by molar-refractivity contribution is 0.0679. The Morgan fingerprint density at radius 3 is 2.59 bits per heavy atom. The highest BCUT2D eigenvalue weighted by molar-refractivity contribution is 6.07. The van der Waals surface area contributed by atoms with Gasteiger partial charge in [0.25, 0.3) is 5.91 Å². The third kappa shape index (κ3) is 3.28. The first kappa shape index (κ1) is 17.5. The van der Waals surface area contributed by atoms with Gasteiger partial charge in [-0.2, -0.15) is 0 Å². The lowest BCUT2D eigenvalue weighted by atomic mass is 10.0. The zero-order chi connectivity index (χ0) is 19.0. The second-order valence-corrected chi connectivity index (χ2v) is 6.70. The normalized spacial score (nSPS) is 16.9. The van der Waals surface area contributed by atoms with Gasteiger partial charge in [0.15, 0.2) is 0 Å². The maximum atomic E-state index is 13.8.